The van der Waals surface area contributed by atoms with Crippen LogP contribution < -0.4 is 22.3 Å². The molecule has 1 rings (SSSR count). The number of aromatic nitrogens is 1. The van der Waals surface area contributed by atoms with Gasteiger partial charge in [-0.15, -0.1) is 0 Å². The van der Waals surface area contributed by atoms with E-state index in [1.807, 2.05) is 0 Å². The zero-order chi connectivity index (χ0) is 13.5. The van der Waals surface area contributed by atoms with E-state index < -0.39 is 6.09 Å². The molecule has 0 bridgehead atoms. The number of nitrogens with zero attached hydrogens (tertiary/aromatic N) is 1. The minimum absolute atomic E-state index is 0.0210. The number of carbonyl (C=O) groups excluding carboxylic acids is 2. The fraction of sp³-hybridized carbons (Fsp3) is 0.300. The van der Waals surface area contributed by atoms with Crippen LogP contribution in [0.1, 0.15) is 16.1 Å². The lowest BCUT2D eigenvalue weighted by atomic mass is 10.2. The van der Waals surface area contributed by atoms with Crippen LogP contribution in [0.4, 0.5) is 10.6 Å². The van der Waals surface area contributed by atoms with Crippen molar-refractivity contribution in [2.24, 2.45) is 11.6 Å². The first-order chi connectivity index (χ1) is 8.52. The summed E-state index contributed by atoms with van der Waals surface area (Å²) in [6.07, 6.45) is -0.876. The molecule has 0 saturated heterocycles. The van der Waals surface area contributed by atoms with Crippen LogP contribution >= 0.6 is 0 Å². The highest BCUT2D eigenvalue weighted by molar-refractivity contribution is 5.94. The molecule has 0 aliphatic heterocycles. The third-order valence-electron chi connectivity index (χ3n) is 2.00. The van der Waals surface area contributed by atoms with Gasteiger partial charge in [-0.05, 0) is 19.1 Å². The van der Waals surface area contributed by atoms with Gasteiger partial charge >= 0.3 is 6.09 Å². The SMILES string of the molecule is Cc1cc(C(=O)NCCOC(N)=O)cc(NN)n1. The van der Waals surface area contributed by atoms with E-state index in [4.69, 9.17) is 11.6 Å². The summed E-state index contributed by atoms with van der Waals surface area (Å²) in [5, 5.41) is 2.56. The third-order valence-corrected chi connectivity index (χ3v) is 2.00. The van der Waals surface area contributed by atoms with E-state index in [1.54, 1.807) is 13.0 Å². The molecule has 0 saturated carbocycles. The maximum Gasteiger partial charge on any atom is 0.404 e. The molecule has 18 heavy (non-hydrogen) atoms. The smallest absolute Gasteiger partial charge is 0.404 e. The van der Waals surface area contributed by atoms with Crippen LogP contribution in [0.2, 0.25) is 0 Å². The molecular formula is C10H15N5O3. The van der Waals surface area contributed by atoms with E-state index in [-0.39, 0.29) is 19.1 Å². The predicted octanol–water partition coefficient (Wildman–Crippen LogP) is -0.499. The number of hydrogen-bond donors (Lipinski definition) is 4. The van der Waals surface area contributed by atoms with Crippen molar-refractivity contribution in [2.75, 3.05) is 18.6 Å². The topological polar surface area (TPSA) is 132 Å². The molecule has 0 atom stereocenters. The number of pyridine rings is 1. The number of ether oxygens (including phenoxy) is 1. The molecule has 0 aliphatic rings. The number of rotatable bonds is 5. The van der Waals surface area contributed by atoms with Crippen molar-refractivity contribution in [1.82, 2.24) is 10.3 Å². The van der Waals surface area contributed by atoms with Crippen molar-refractivity contribution < 1.29 is 14.3 Å². The molecule has 0 radical (unpaired) electrons. The number of anilines is 1. The lowest BCUT2D eigenvalue weighted by molar-refractivity contribution is 0.0936. The first-order valence-electron chi connectivity index (χ1n) is 5.18. The number of primary amides is 1. The lowest BCUT2D eigenvalue weighted by Crippen LogP contribution is -2.29. The van der Waals surface area contributed by atoms with Crippen LogP contribution in [0.15, 0.2) is 12.1 Å². The van der Waals surface area contributed by atoms with Gasteiger partial charge in [0, 0.05) is 11.3 Å². The second-order valence-electron chi connectivity index (χ2n) is 3.45. The largest absolute Gasteiger partial charge is 0.448 e. The van der Waals surface area contributed by atoms with Crippen LogP contribution in [0, 0.1) is 6.92 Å². The minimum atomic E-state index is -0.876. The van der Waals surface area contributed by atoms with Gasteiger partial charge in [-0.25, -0.2) is 15.6 Å². The number of amides is 2. The summed E-state index contributed by atoms with van der Waals surface area (Å²) in [5.74, 6) is 5.31. The average molecular weight is 253 g/mol. The van der Waals surface area contributed by atoms with Crippen molar-refractivity contribution in [3.8, 4) is 0 Å². The van der Waals surface area contributed by atoms with Gasteiger partial charge in [0.15, 0.2) is 0 Å². The number of hydrogen-bond acceptors (Lipinski definition) is 6. The molecule has 6 N–H and O–H groups in total. The summed E-state index contributed by atoms with van der Waals surface area (Å²) in [6, 6.07) is 3.13. The zero-order valence-electron chi connectivity index (χ0n) is 9.90. The molecule has 1 aromatic rings. The summed E-state index contributed by atoms with van der Waals surface area (Å²) < 4.78 is 4.48. The summed E-state index contributed by atoms with van der Waals surface area (Å²) in [4.78, 5) is 26.1. The van der Waals surface area contributed by atoms with Crippen molar-refractivity contribution >= 4 is 17.8 Å². The number of nitrogens with two attached hydrogens (primary N) is 2. The molecule has 8 nitrogen and oxygen atoms in total. The van der Waals surface area contributed by atoms with Crippen molar-refractivity contribution in [3.05, 3.63) is 23.4 Å². The molecule has 2 amide bonds. The highest BCUT2D eigenvalue weighted by Gasteiger charge is 2.08. The maximum absolute atomic E-state index is 11.7. The number of carbonyl (C=O) groups is 2. The fourth-order valence-electron chi connectivity index (χ4n) is 1.29. The number of nitrogens with one attached hydrogen (secondary N) is 2. The average Bonchev–Trinajstić information content (AvgIpc) is 2.33. The first kappa shape index (κ1) is 13.7. The number of hydrazine groups is 1. The Bertz CT molecular complexity index is 449. The van der Waals surface area contributed by atoms with Crippen LogP contribution in [0.5, 0.6) is 0 Å². The van der Waals surface area contributed by atoms with Crippen LogP contribution in [-0.2, 0) is 4.74 Å². The monoisotopic (exact) mass is 253 g/mol. The van der Waals surface area contributed by atoms with Crippen molar-refractivity contribution in [3.63, 3.8) is 0 Å². The van der Waals surface area contributed by atoms with Gasteiger partial charge in [0.25, 0.3) is 5.91 Å². The predicted molar refractivity (Wildman–Crippen MR) is 64.7 cm³/mol. The summed E-state index contributed by atoms with van der Waals surface area (Å²) >= 11 is 0. The van der Waals surface area contributed by atoms with Gasteiger partial charge in [0.1, 0.15) is 12.4 Å². The van der Waals surface area contributed by atoms with E-state index >= 15 is 0 Å². The van der Waals surface area contributed by atoms with Crippen LogP contribution in [0.3, 0.4) is 0 Å². The van der Waals surface area contributed by atoms with Crippen LogP contribution in [0.25, 0.3) is 0 Å². The van der Waals surface area contributed by atoms with E-state index in [0.29, 0.717) is 17.1 Å². The Morgan fingerprint density at radius 3 is 2.78 bits per heavy atom. The first-order valence-corrected chi connectivity index (χ1v) is 5.18. The van der Waals surface area contributed by atoms with Gasteiger partial charge in [0.05, 0.1) is 6.54 Å². The highest BCUT2D eigenvalue weighted by atomic mass is 16.5. The Kier molecular flexibility index (Phi) is 4.88. The Balaban J connectivity index is 2.55. The van der Waals surface area contributed by atoms with Gasteiger partial charge in [-0.1, -0.05) is 0 Å². The second-order valence-corrected chi connectivity index (χ2v) is 3.45. The molecule has 0 spiro atoms. The van der Waals surface area contributed by atoms with E-state index in [0.717, 1.165) is 0 Å². The molecule has 0 aromatic carbocycles. The Hall–Kier alpha value is -2.35. The summed E-state index contributed by atoms with van der Waals surface area (Å²) in [6.45, 7) is 1.94. The molecule has 8 heteroatoms. The van der Waals surface area contributed by atoms with Crippen molar-refractivity contribution in [2.45, 2.75) is 6.92 Å². The standard InChI is InChI=1S/C10H15N5O3/c1-6-4-7(5-8(14-6)15-12)9(16)13-2-3-18-10(11)17/h4-5H,2-3,12H2,1H3,(H2,11,17)(H,13,16)(H,14,15). The Labute approximate surface area is 104 Å². The second kappa shape index (κ2) is 6.40. The quantitative estimate of drug-likeness (QED) is 0.318. The summed E-state index contributed by atoms with van der Waals surface area (Å²) in [5.41, 5.74) is 8.21. The van der Waals surface area contributed by atoms with E-state index in [9.17, 15) is 9.59 Å². The molecule has 0 unspecified atom stereocenters. The lowest BCUT2D eigenvalue weighted by Gasteiger charge is -2.07. The Morgan fingerprint density at radius 1 is 1.44 bits per heavy atom. The summed E-state index contributed by atoms with van der Waals surface area (Å²) in [7, 11) is 0. The van der Waals surface area contributed by atoms with Crippen LogP contribution in [-0.4, -0.2) is 30.1 Å². The number of aryl methyl sites for hydroxylation is 1. The van der Waals surface area contributed by atoms with Gasteiger partial charge < -0.3 is 21.2 Å². The van der Waals surface area contributed by atoms with E-state index in [1.165, 1.54) is 6.07 Å². The molecule has 98 valence electrons. The molecular weight excluding hydrogens is 238 g/mol. The van der Waals surface area contributed by atoms with Gasteiger partial charge in [-0.3, -0.25) is 4.79 Å². The number of nitrogen functional groups attached to an aromatic ring is 1. The molecule has 1 heterocycles. The minimum Gasteiger partial charge on any atom is -0.448 e. The van der Waals surface area contributed by atoms with Gasteiger partial charge in [-0.2, -0.15) is 0 Å². The highest BCUT2D eigenvalue weighted by Crippen LogP contribution is 2.08. The van der Waals surface area contributed by atoms with Crippen molar-refractivity contribution in [1.29, 1.82) is 0 Å². The molecule has 0 fully saturated rings. The molecule has 1 aromatic heterocycles. The van der Waals surface area contributed by atoms with Gasteiger partial charge in [0.2, 0.25) is 0 Å². The van der Waals surface area contributed by atoms with E-state index in [2.05, 4.69) is 20.5 Å². The maximum atomic E-state index is 11.7. The third kappa shape index (κ3) is 4.26. The normalized spacial score (nSPS) is 9.67. The molecule has 0 aliphatic carbocycles. The fourth-order valence-corrected chi connectivity index (χ4v) is 1.29. The Morgan fingerprint density at radius 2 is 2.17 bits per heavy atom. The zero-order valence-corrected chi connectivity index (χ0v) is 9.90.